The summed E-state index contributed by atoms with van der Waals surface area (Å²) < 4.78 is 4.13. The molecule has 0 aliphatic carbocycles. The van der Waals surface area contributed by atoms with Crippen LogP contribution in [-0.4, -0.2) is 25.2 Å². The lowest BCUT2D eigenvalue weighted by molar-refractivity contribution is 0.0940. The van der Waals surface area contributed by atoms with Crippen LogP contribution in [0.1, 0.15) is 47.0 Å². The van der Waals surface area contributed by atoms with Crippen molar-refractivity contribution >= 4 is 5.91 Å². The van der Waals surface area contributed by atoms with Gasteiger partial charge in [-0.1, -0.05) is 36.8 Å². The zero-order valence-electron chi connectivity index (χ0n) is 14.8. The number of hydrogen-bond acceptors (Lipinski definition) is 3. The van der Waals surface area contributed by atoms with E-state index in [9.17, 15) is 4.79 Å². The minimum absolute atomic E-state index is 0.0862. The summed E-state index contributed by atoms with van der Waals surface area (Å²) in [4.78, 5) is 12.7. The van der Waals surface area contributed by atoms with Crippen LogP contribution in [0.25, 0.3) is 0 Å². The van der Waals surface area contributed by atoms with Crippen molar-refractivity contribution in [1.29, 1.82) is 0 Å². The molecule has 1 aromatic carbocycles. The van der Waals surface area contributed by atoms with Gasteiger partial charge in [-0.2, -0.15) is 0 Å². The van der Waals surface area contributed by atoms with E-state index in [0.717, 1.165) is 37.5 Å². The molecule has 4 rings (SSSR count). The number of aryl methyl sites for hydroxylation is 1. The van der Waals surface area contributed by atoms with Crippen molar-refractivity contribution in [3.8, 4) is 0 Å². The molecule has 0 saturated heterocycles. The lowest BCUT2D eigenvalue weighted by Crippen LogP contribution is -2.27. The molecule has 134 valence electrons. The van der Waals surface area contributed by atoms with Crippen molar-refractivity contribution in [1.82, 2.24) is 24.6 Å². The summed E-state index contributed by atoms with van der Waals surface area (Å²) in [5, 5.41) is 11.6. The van der Waals surface area contributed by atoms with Gasteiger partial charge < -0.3 is 14.5 Å². The van der Waals surface area contributed by atoms with Gasteiger partial charge in [0.2, 0.25) is 0 Å². The number of amides is 1. The van der Waals surface area contributed by atoms with Crippen molar-refractivity contribution < 1.29 is 4.79 Å². The minimum atomic E-state index is -0.0862. The maximum absolute atomic E-state index is 12.7. The molecule has 1 aliphatic heterocycles. The highest BCUT2D eigenvalue weighted by Crippen LogP contribution is 2.14. The average molecular weight is 349 g/mol. The highest BCUT2D eigenvalue weighted by molar-refractivity contribution is 5.92. The lowest BCUT2D eigenvalue weighted by Gasteiger charge is -2.11. The summed E-state index contributed by atoms with van der Waals surface area (Å²) in [5.41, 5.74) is 1.82. The molecule has 6 nitrogen and oxygen atoms in total. The predicted octanol–water partition coefficient (Wildman–Crippen LogP) is 2.78. The molecule has 0 saturated carbocycles. The Morgan fingerprint density at radius 2 is 1.92 bits per heavy atom. The van der Waals surface area contributed by atoms with Crippen LogP contribution >= 0.6 is 0 Å². The van der Waals surface area contributed by atoms with E-state index in [2.05, 4.69) is 32.2 Å². The standard InChI is InChI=1S/C20H23N5O/c26-20(17-10-7-12-24(17)15-16-8-3-1-4-9-16)21-14-19-23-22-18-11-5-2-6-13-25(18)19/h1,3-4,7-10,12H,2,5-6,11,13-15H2,(H,21,26). The van der Waals surface area contributed by atoms with Crippen molar-refractivity contribution in [3.63, 3.8) is 0 Å². The maximum Gasteiger partial charge on any atom is 0.268 e. The number of carbonyl (C=O) groups excluding carboxylic acids is 1. The molecule has 0 unspecified atom stereocenters. The Balaban J connectivity index is 1.43. The smallest absolute Gasteiger partial charge is 0.268 e. The molecule has 1 amide bonds. The lowest BCUT2D eigenvalue weighted by atomic mass is 10.2. The fraction of sp³-hybridized carbons (Fsp3) is 0.350. The largest absolute Gasteiger partial charge is 0.343 e. The van der Waals surface area contributed by atoms with Gasteiger partial charge in [0, 0.05) is 25.7 Å². The number of hydrogen-bond donors (Lipinski definition) is 1. The summed E-state index contributed by atoms with van der Waals surface area (Å²) in [6, 6.07) is 13.9. The van der Waals surface area contributed by atoms with Gasteiger partial charge in [0.15, 0.2) is 5.82 Å². The van der Waals surface area contributed by atoms with Crippen LogP contribution in [0.4, 0.5) is 0 Å². The molecule has 2 aromatic heterocycles. The first-order valence-corrected chi connectivity index (χ1v) is 9.19. The zero-order chi connectivity index (χ0) is 17.8. The van der Waals surface area contributed by atoms with Crippen LogP contribution in [-0.2, 0) is 26.1 Å². The Labute approximate surface area is 152 Å². The number of rotatable bonds is 5. The molecule has 0 radical (unpaired) electrons. The van der Waals surface area contributed by atoms with Crippen molar-refractivity contribution in [2.45, 2.75) is 45.3 Å². The van der Waals surface area contributed by atoms with Gasteiger partial charge in [0.1, 0.15) is 11.5 Å². The molecule has 6 heteroatoms. The molecule has 1 aliphatic rings. The second-order valence-corrected chi connectivity index (χ2v) is 6.68. The first-order valence-electron chi connectivity index (χ1n) is 9.19. The van der Waals surface area contributed by atoms with Gasteiger partial charge in [-0.15, -0.1) is 10.2 Å². The molecule has 0 atom stereocenters. The number of nitrogens with one attached hydrogen (secondary N) is 1. The van der Waals surface area contributed by atoms with E-state index < -0.39 is 0 Å². The number of fused-ring (bicyclic) bond motifs is 1. The number of benzene rings is 1. The van der Waals surface area contributed by atoms with Gasteiger partial charge in [-0.25, -0.2) is 0 Å². The van der Waals surface area contributed by atoms with Crippen molar-refractivity contribution in [2.24, 2.45) is 0 Å². The van der Waals surface area contributed by atoms with E-state index in [1.165, 1.54) is 12.0 Å². The third-order valence-electron chi connectivity index (χ3n) is 4.85. The van der Waals surface area contributed by atoms with Gasteiger partial charge in [0.25, 0.3) is 5.91 Å². The molecular formula is C20H23N5O. The van der Waals surface area contributed by atoms with E-state index in [1.54, 1.807) is 0 Å². The molecule has 3 aromatic rings. The third kappa shape index (κ3) is 3.54. The highest BCUT2D eigenvalue weighted by atomic mass is 16.1. The Morgan fingerprint density at radius 1 is 1.04 bits per heavy atom. The first-order chi connectivity index (χ1) is 12.8. The fourth-order valence-electron chi connectivity index (χ4n) is 3.46. The molecule has 0 bridgehead atoms. The summed E-state index contributed by atoms with van der Waals surface area (Å²) in [5.74, 6) is 1.80. The van der Waals surface area contributed by atoms with Crippen LogP contribution < -0.4 is 5.32 Å². The molecule has 3 heterocycles. The minimum Gasteiger partial charge on any atom is -0.343 e. The van der Waals surface area contributed by atoms with Crippen LogP contribution in [0.2, 0.25) is 0 Å². The molecule has 0 fully saturated rings. The van der Waals surface area contributed by atoms with E-state index in [-0.39, 0.29) is 5.91 Å². The molecule has 26 heavy (non-hydrogen) atoms. The summed E-state index contributed by atoms with van der Waals surface area (Å²) in [6.45, 7) is 2.02. The fourth-order valence-corrected chi connectivity index (χ4v) is 3.46. The Bertz CT molecular complexity index is 881. The van der Waals surface area contributed by atoms with Gasteiger partial charge in [0.05, 0.1) is 6.54 Å². The zero-order valence-corrected chi connectivity index (χ0v) is 14.8. The first kappa shape index (κ1) is 16.6. The normalized spacial score (nSPS) is 13.8. The van der Waals surface area contributed by atoms with Gasteiger partial charge in [-0.3, -0.25) is 4.79 Å². The third-order valence-corrected chi connectivity index (χ3v) is 4.85. The average Bonchev–Trinajstić information content (AvgIpc) is 3.21. The predicted molar refractivity (Wildman–Crippen MR) is 98.7 cm³/mol. The number of nitrogens with zero attached hydrogens (tertiary/aromatic N) is 4. The number of carbonyl (C=O) groups is 1. The topological polar surface area (TPSA) is 64.7 Å². The highest BCUT2D eigenvalue weighted by Gasteiger charge is 2.16. The second-order valence-electron chi connectivity index (χ2n) is 6.68. The Hall–Kier alpha value is -2.89. The van der Waals surface area contributed by atoms with Crippen LogP contribution in [0.3, 0.4) is 0 Å². The quantitative estimate of drug-likeness (QED) is 0.770. The van der Waals surface area contributed by atoms with Crippen LogP contribution in [0.15, 0.2) is 48.7 Å². The van der Waals surface area contributed by atoms with Crippen molar-refractivity contribution in [3.05, 3.63) is 71.6 Å². The molecular weight excluding hydrogens is 326 g/mol. The number of aromatic nitrogens is 4. The molecule has 0 spiro atoms. The van der Waals surface area contributed by atoms with Gasteiger partial charge in [-0.05, 0) is 30.5 Å². The monoisotopic (exact) mass is 349 g/mol. The SMILES string of the molecule is O=C(NCc1nnc2n1CCCCC2)c1cccn1Cc1ccccc1. The Morgan fingerprint density at radius 3 is 2.81 bits per heavy atom. The van der Waals surface area contributed by atoms with E-state index >= 15 is 0 Å². The molecule has 1 N–H and O–H groups in total. The van der Waals surface area contributed by atoms with E-state index in [4.69, 9.17) is 0 Å². The summed E-state index contributed by atoms with van der Waals surface area (Å²) in [6.07, 6.45) is 6.44. The second kappa shape index (κ2) is 7.56. The van der Waals surface area contributed by atoms with Crippen molar-refractivity contribution in [2.75, 3.05) is 0 Å². The van der Waals surface area contributed by atoms with Crippen LogP contribution in [0.5, 0.6) is 0 Å². The Kier molecular flexibility index (Phi) is 4.82. The maximum atomic E-state index is 12.7. The van der Waals surface area contributed by atoms with Gasteiger partial charge >= 0.3 is 0 Å². The van der Waals surface area contributed by atoms with E-state index in [1.807, 2.05) is 41.1 Å². The summed E-state index contributed by atoms with van der Waals surface area (Å²) >= 11 is 0. The van der Waals surface area contributed by atoms with Crippen LogP contribution in [0, 0.1) is 0 Å². The van der Waals surface area contributed by atoms with E-state index in [0.29, 0.717) is 18.8 Å². The summed E-state index contributed by atoms with van der Waals surface area (Å²) in [7, 11) is 0.